The van der Waals surface area contributed by atoms with Gasteiger partial charge >= 0.3 is 0 Å². The molecule has 2 aromatic heterocycles. The van der Waals surface area contributed by atoms with E-state index < -0.39 is 10.0 Å². The van der Waals surface area contributed by atoms with Gasteiger partial charge in [-0.15, -0.1) is 16.4 Å². The van der Waals surface area contributed by atoms with E-state index in [1.807, 2.05) is 5.38 Å². The van der Waals surface area contributed by atoms with E-state index in [1.165, 1.54) is 28.2 Å². The highest BCUT2D eigenvalue weighted by Gasteiger charge is 2.10. The number of sulfonamides is 1. The first-order valence-electron chi connectivity index (χ1n) is 6.80. The molecular weight excluding hydrogens is 350 g/mol. The van der Waals surface area contributed by atoms with Crippen molar-refractivity contribution in [1.82, 2.24) is 20.3 Å². The van der Waals surface area contributed by atoms with Gasteiger partial charge in [0.25, 0.3) is 5.91 Å². The molecule has 0 fully saturated rings. The largest absolute Gasteiger partial charge is 0.346 e. The molecule has 0 saturated carbocycles. The molecule has 0 aliphatic carbocycles. The van der Waals surface area contributed by atoms with Crippen LogP contribution in [0.2, 0.25) is 0 Å². The summed E-state index contributed by atoms with van der Waals surface area (Å²) in [5.41, 5.74) is 1.21. The Bertz CT molecular complexity index is 947. The fraction of sp³-hybridized carbons (Fsp3) is 0.0714. The predicted octanol–water partition coefficient (Wildman–Crippen LogP) is 0.906. The number of nitrogens with one attached hydrogen (secondary N) is 1. The number of amides is 1. The molecule has 0 radical (unpaired) electrons. The van der Waals surface area contributed by atoms with Crippen molar-refractivity contribution in [3.8, 4) is 5.69 Å². The number of hydrogen-bond donors (Lipinski definition) is 2. The summed E-state index contributed by atoms with van der Waals surface area (Å²) in [5.74, 6) is -0.169. The number of primary sulfonamides is 1. The average molecular weight is 363 g/mol. The van der Waals surface area contributed by atoms with E-state index >= 15 is 0 Å². The zero-order valence-corrected chi connectivity index (χ0v) is 13.9. The van der Waals surface area contributed by atoms with Gasteiger partial charge in [0.2, 0.25) is 10.0 Å². The monoisotopic (exact) mass is 363 g/mol. The van der Waals surface area contributed by atoms with Crippen molar-refractivity contribution in [3.63, 3.8) is 0 Å². The molecule has 1 aromatic carbocycles. The van der Waals surface area contributed by atoms with Gasteiger partial charge in [0.05, 0.1) is 28.2 Å². The van der Waals surface area contributed by atoms with Crippen molar-refractivity contribution in [2.45, 2.75) is 11.4 Å². The minimum Gasteiger partial charge on any atom is -0.346 e. The van der Waals surface area contributed by atoms with E-state index in [2.05, 4.69) is 15.6 Å². The summed E-state index contributed by atoms with van der Waals surface area (Å²) in [4.78, 5) is 12.5. The van der Waals surface area contributed by atoms with Crippen molar-refractivity contribution in [2.75, 3.05) is 0 Å². The number of aromatic nitrogens is 3. The maximum atomic E-state index is 11.9. The van der Waals surface area contributed by atoms with Crippen LogP contribution in [0.15, 0.2) is 52.9 Å². The zero-order chi connectivity index (χ0) is 17.2. The first-order valence-corrected chi connectivity index (χ1v) is 9.22. The fourth-order valence-corrected chi connectivity index (χ4v) is 3.12. The highest BCUT2D eigenvalue weighted by atomic mass is 32.2. The van der Waals surface area contributed by atoms with Crippen LogP contribution in [0.3, 0.4) is 0 Å². The molecule has 24 heavy (non-hydrogen) atoms. The summed E-state index contributed by atoms with van der Waals surface area (Å²) < 4.78 is 24.0. The second kappa shape index (κ2) is 6.51. The van der Waals surface area contributed by atoms with Gasteiger partial charge in [-0.3, -0.25) is 4.79 Å². The molecule has 3 rings (SSSR count). The Labute approximate surface area is 142 Å². The zero-order valence-electron chi connectivity index (χ0n) is 12.3. The molecule has 0 aliphatic heterocycles. The molecule has 0 atom stereocenters. The van der Waals surface area contributed by atoms with E-state index in [0.29, 0.717) is 16.3 Å². The Balaban J connectivity index is 1.68. The van der Waals surface area contributed by atoms with Crippen molar-refractivity contribution < 1.29 is 13.2 Å². The topological polar surface area (TPSA) is 120 Å². The molecule has 3 aromatic rings. The minimum absolute atomic E-state index is 0.0230. The quantitative estimate of drug-likeness (QED) is 0.698. The number of thiophene rings is 1. The minimum atomic E-state index is -3.73. The standard InChI is InChI=1S/C14H13N5O3S2/c15-24(21,22)12-5-3-11(4-6-12)19-9-10(17-18-19)8-16-14(20)13-2-1-7-23-13/h1-7,9H,8H2,(H,16,20)(H2,15,21,22). The van der Waals surface area contributed by atoms with Crippen LogP contribution in [0.5, 0.6) is 0 Å². The SMILES string of the molecule is NS(=O)(=O)c1ccc(-n2cc(CNC(=O)c3cccs3)nn2)cc1. The Morgan fingerprint density at radius 1 is 1.25 bits per heavy atom. The van der Waals surface area contributed by atoms with Gasteiger partial charge in [-0.1, -0.05) is 11.3 Å². The third kappa shape index (κ3) is 3.67. The number of benzene rings is 1. The normalized spacial score (nSPS) is 11.4. The lowest BCUT2D eigenvalue weighted by molar-refractivity contribution is 0.0954. The lowest BCUT2D eigenvalue weighted by atomic mass is 10.3. The first kappa shape index (κ1) is 16.3. The van der Waals surface area contributed by atoms with Gasteiger partial charge in [-0.2, -0.15) is 0 Å². The molecule has 0 bridgehead atoms. The number of hydrogen-bond acceptors (Lipinski definition) is 6. The van der Waals surface area contributed by atoms with E-state index in [4.69, 9.17) is 5.14 Å². The van der Waals surface area contributed by atoms with Gasteiger partial charge in [-0.25, -0.2) is 18.2 Å². The molecule has 3 N–H and O–H groups in total. The second-order valence-corrected chi connectivity index (χ2v) is 7.36. The summed E-state index contributed by atoms with van der Waals surface area (Å²) in [5, 5.41) is 17.6. The highest BCUT2D eigenvalue weighted by molar-refractivity contribution is 7.89. The Morgan fingerprint density at radius 2 is 2.00 bits per heavy atom. The van der Waals surface area contributed by atoms with Gasteiger partial charge < -0.3 is 5.32 Å². The van der Waals surface area contributed by atoms with Crippen molar-refractivity contribution >= 4 is 27.3 Å². The van der Waals surface area contributed by atoms with Crippen LogP contribution in [0.25, 0.3) is 5.69 Å². The third-order valence-corrected chi connectivity index (χ3v) is 4.94. The lowest BCUT2D eigenvalue weighted by Gasteiger charge is -2.02. The number of carbonyl (C=O) groups excluding carboxylic acids is 1. The van der Waals surface area contributed by atoms with Crippen LogP contribution in [0.1, 0.15) is 15.4 Å². The van der Waals surface area contributed by atoms with Gasteiger partial charge in [-0.05, 0) is 35.7 Å². The highest BCUT2D eigenvalue weighted by Crippen LogP contribution is 2.12. The van der Waals surface area contributed by atoms with Crippen molar-refractivity contribution in [1.29, 1.82) is 0 Å². The molecular formula is C14H13N5O3S2. The molecule has 0 spiro atoms. The summed E-state index contributed by atoms with van der Waals surface area (Å²) in [6.45, 7) is 0.242. The van der Waals surface area contributed by atoms with E-state index in [1.54, 1.807) is 30.5 Å². The Hall–Kier alpha value is -2.56. The number of rotatable bonds is 5. The Morgan fingerprint density at radius 3 is 2.62 bits per heavy atom. The molecule has 1 amide bonds. The van der Waals surface area contributed by atoms with Crippen molar-refractivity contribution in [3.05, 3.63) is 58.5 Å². The van der Waals surface area contributed by atoms with Gasteiger partial charge in [0.1, 0.15) is 5.69 Å². The third-order valence-electron chi connectivity index (χ3n) is 3.15. The first-order chi connectivity index (χ1) is 11.4. The second-order valence-electron chi connectivity index (χ2n) is 4.85. The van der Waals surface area contributed by atoms with E-state index in [0.717, 1.165) is 0 Å². The maximum absolute atomic E-state index is 11.9. The number of nitrogens with two attached hydrogens (primary N) is 1. The summed E-state index contributed by atoms with van der Waals surface area (Å²) in [6, 6.07) is 9.48. The van der Waals surface area contributed by atoms with Crippen LogP contribution < -0.4 is 10.5 Å². The molecule has 0 unspecified atom stereocenters. The van der Waals surface area contributed by atoms with E-state index in [9.17, 15) is 13.2 Å². The molecule has 124 valence electrons. The van der Waals surface area contributed by atoms with Crippen LogP contribution in [0, 0.1) is 0 Å². The smallest absolute Gasteiger partial charge is 0.261 e. The van der Waals surface area contributed by atoms with Crippen LogP contribution in [-0.4, -0.2) is 29.3 Å². The molecule has 2 heterocycles. The fourth-order valence-electron chi connectivity index (χ4n) is 1.96. The summed E-state index contributed by atoms with van der Waals surface area (Å²) >= 11 is 1.36. The van der Waals surface area contributed by atoms with Crippen LogP contribution in [-0.2, 0) is 16.6 Å². The van der Waals surface area contributed by atoms with Crippen molar-refractivity contribution in [2.24, 2.45) is 5.14 Å². The summed E-state index contributed by atoms with van der Waals surface area (Å²) in [7, 11) is -3.73. The lowest BCUT2D eigenvalue weighted by Crippen LogP contribution is -2.21. The van der Waals surface area contributed by atoms with Gasteiger partial charge in [0.15, 0.2) is 0 Å². The number of nitrogens with zero attached hydrogens (tertiary/aromatic N) is 3. The predicted molar refractivity (Wildman–Crippen MR) is 88.2 cm³/mol. The molecule has 8 nitrogen and oxygen atoms in total. The molecule has 0 saturated heterocycles. The Kier molecular flexibility index (Phi) is 4.42. The maximum Gasteiger partial charge on any atom is 0.261 e. The van der Waals surface area contributed by atoms with Crippen LogP contribution >= 0.6 is 11.3 Å². The molecule has 0 aliphatic rings. The number of carbonyl (C=O) groups is 1. The average Bonchev–Trinajstić information content (AvgIpc) is 3.23. The molecule has 10 heteroatoms. The van der Waals surface area contributed by atoms with Gasteiger partial charge in [0, 0.05) is 0 Å². The summed E-state index contributed by atoms with van der Waals surface area (Å²) in [6.07, 6.45) is 1.65. The van der Waals surface area contributed by atoms with E-state index in [-0.39, 0.29) is 17.3 Å². The van der Waals surface area contributed by atoms with Crippen LogP contribution in [0.4, 0.5) is 0 Å².